The molecule has 0 unspecified atom stereocenters. The predicted octanol–water partition coefficient (Wildman–Crippen LogP) is 6.43. The highest BCUT2D eigenvalue weighted by Gasteiger charge is 1.87. The van der Waals surface area contributed by atoms with Gasteiger partial charge >= 0.3 is 0 Å². The van der Waals surface area contributed by atoms with Crippen molar-refractivity contribution in [3.8, 4) is 0 Å². The Morgan fingerprint density at radius 2 is 0.941 bits per heavy atom. The van der Waals surface area contributed by atoms with Gasteiger partial charge in [-0.2, -0.15) is 0 Å². The third kappa shape index (κ3) is 15.5. The van der Waals surface area contributed by atoms with Crippen LogP contribution in [0.2, 0.25) is 0 Å². The Bertz CT molecular complexity index is 176. The summed E-state index contributed by atoms with van der Waals surface area (Å²) in [5, 5.41) is 0. The second-order valence-corrected chi connectivity index (χ2v) is 4.87. The zero-order valence-electron chi connectivity index (χ0n) is 12.1. The lowest BCUT2D eigenvalue weighted by Crippen LogP contribution is -1.77. The average Bonchev–Trinajstić information content (AvgIpc) is 2.35. The first-order chi connectivity index (χ1) is 8.41. The number of allylic oxidation sites excluding steroid dienone is 4. The molecule has 0 bridgehead atoms. The summed E-state index contributed by atoms with van der Waals surface area (Å²) in [6.45, 7) is 4.49. The summed E-state index contributed by atoms with van der Waals surface area (Å²) < 4.78 is 0. The van der Waals surface area contributed by atoms with Crippen molar-refractivity contribution in [3.63, 3.8) is 0 Å². The van der Waals surface area contributed by atoms with E-state index in [0.717, 1.165) is 0 Å². The van der Waals surface area contributed by atoms with E-state index >= 15 is 0 Å². The molecule has 0 amide bonds. The molecule has 0 spiro atoms. The Morgan fingerprint density at radius 3 is 1.41 bits per heavy atom. The van der Waals surface area contributed by atoms with Gasteiger partial charge in [-0.25, -0.2) is 0 Å². The summed E-state index contributed by atoms with van der Waals surface area (Å²) in [5.41, 5.74) is 0. The van der Waals surface area contributed by atoms with Gasteiger partial charge in [0.05, 0.1) is 0 Å². The van der Waals surface area contributed by atoms with Crippen LogP contribution < -0.4 is 0 Å². The molecule has 17 heavy (non-hydrogen) atoms. The molecule has 0 aliphatic heterocycles. The molecule has 0 saturated heterocycles. The molecule has 0 aromatic rings. The molecule has 0 rings (SSSR count). The van der Waals surface area contributed by atoms with Gasteiger partial charge in [-0.05, 0) is 38.5 Å². The highest BCUT2D eigenvalue weighted by molar-refractivity contribution is 4.82. The zero-order valence-corrected chi connectivity index (χ0v) is 12.1. The lowest BCUT2D eigenvalue weighted by Gasteiger charge is -1.97. The van der Waals surface area contributed by atoms with Crippen LogP contribution in [0.25, 0.3) is 0 Å². The molecule has 0 aromatic carbocycles. The molecule has 0 atom stereocenters. The fourth-order valence-corrected chi connectivity index (χ4v) is 1.84. The molecule has 0 heteroatoms. The molecule has 0 heterocycles. The van der Waals surface area contributed by atoms with Crippen LogP contribution in [0.1, 0.15) is 84.5 Å². The van der Waals surface area contributed by atoms with Crippen LogP contribution in [0.15, 0.2) is 24.3 Å². The highest BCUT2D eigenvalue weighted by Crippen LogP contribution is 2.07. The normalized spacial score (nSPS) is 11.9. The van der Waals surface area contributed by atoms with E-state index in [2.05, 4.69) is 38.2 Å². The molecule has 0 saturated carbocycles. The van der Waals surface area contributed by atoms with E-state index in [0.29, 0.717) is 0 Å². The van der Waals surface area contributed by atoms with E-state index in [1.165, 1.54) is 70.6 Å². The van der Waals surface area contributed by atoms with E-state index in [1.807, 2.05) is 0 Å². The standard InChI is InChI=1S/C17H32/c1-3-5-7-9-11-13-15-17-16-14-12-10-8-6-4-2/h7,9-10,12H,3-6,8,11,13-17H2,1-2H3. The molecular weight excluding hydrogens is 204 g/mol. The summed E-state index contributed by atoms with van der Waals surface area (Å²) in [5.74, 6) is 0. The highest BCUT2D eigenvalue weighted by atomic mass is 13.9. The van der Waals surface area contributed by atoms with Crippen LogP contribution in [-0.2, 0) is 0 Å². The molecule has 0 aliphatic rings. The van der Waals surface area contributed by atoms with Gasteiger partial charge in [-0.15, -0.1) is 0 Å². The van der Waals surface area contributed by atoms with Crippen LogP contribution >= 0.6 is 0 Å². The van der Waals surface area contributed by atoms with Gasteiger partial charge in [0.2, 0.25) is 0 Å². The van der Waals surface area contributed by atoms with Gasteiger partial charge in [0.25, 0.3) is 0 Å². The van der Waals surface area contributed by atoms with Crippen molar-refractivity contribution >= 4 is 0 Å². The van der Waals surface area contributed by atoms with Crippen LogP contribution in [-0.4, -0.2) is 0 Å². The van der Waals surface area contributed by atoms with Crippen molar-refractivity contribution in [3.05, 3.63) is 24.3 Å². The minimum Gasteiger partial charge on any atom is -0.0885 e. The maximum atomic E-state index is 2.37. The first kappa shape index (κ1) is 16.5. The quantitative estimate of drug-likeness (QED) is 0.270. The predicted molar refractivity (Wildman–Crippen MR) is 80.4 cm³/mol. The molecule has 0 N–H and O–H groups in total. The first-order valence-corrected chi connectivity index (χ1v) is 7.71. The molecule has 0 radical (unpaired) electrons. The molecule has 0 aromatic heterocycles. The van der Waals surface area contributed by atoms with Crippen molar-refractivity contribution in [2.75, 3.05) is 0 Å². The van der Waals surface area contributed by atoms with E-state index in [1.54, 1.807) is 0 Å². The zero-order chi connectivity index (χ0) is 12.6. The van der Waals surface area contributed by atoms with Crippen molar-refractivity contribution < 1.29 is 0 Å². The second kappa shape index (κ2) is 15.5. The topological polar surface area (TPSA) is 0 Å². The summed E-state index contributed by atoms with van der Waals surface area (Å²) in [4.78, 5) is 0. The largest absolute Gasteiger partial charge is 0.0885 e. The molecular formula is C17H32. The minimum absolute atomic E-state index is 1.25. The van der Waals surface area contributed by atoms with Gasteiger partial charge in [-0.1, -0.05) is 70.3 Å². The summed E-state index contributed by atoms with van der Waals surface area (Å²) in [7, 11) is 0. The maximum absolute atomic E-state index is 2.37. The van der Waals surface area contributed by atoms with Gasteiger partial charge in [0.15, 0.2) is 0 Å². The first-order valence-electron chi connectivity index (χ1n) is 7.71. The Balaban J connectivity index is 3.05. The van der Waals surface area contributed by atoms with Crippen molar-refractivity contribution in [2.45, 2.75) is 84.5 Å². The van der Waals surface area contributed by atoms with Crippen LogP contribution in [0.4, 0.5) is 0 Å². The lowest BCUT2D eigenvalue weighted by molar-refractivity contribution is 0.651. The van der Waals surface area contributed by atoms with E-state index in [4.69, 9.17) is 0 Å². The fourth-order valence-electron chi connectivity index (χ4n) is 1.84. The number of hydrogen-bond acceptors (Lipinski definition) is 0. The van der Waals surface area contributed by atoms with Crippen LogP contribution in [0, 0.1) is 0 Å². The van der Waals surface area contributed by atoms with Gasteiger partial charge in [0.1, 0.15) is 0 Å². The SMILES string of the molecule is CCCC=CCCCCCCC=CCCCC. The van der Waals surface area contributed by atoms with Crippen molar-refractivity contribution in [1.29, 1.82) is 0 Å². The van der Waals surface area contributed by atoms with E-state index < -0.39 is 0 Å². The summed E-state index contributed by atoms with van der Waals surface area (Å²) in [6.07, 6.45) is 24.0. The monoisotopic (exact) mass is 236 g/mol. The Hall–Kier alpha value is -0.520. The van der Waals surface area contributed by atoms with Crippen LogP contribution in [0.3, 0.4) is 0 Å². The lowest BCUT2D eigenvalue weighted by atomic mass is 10.1. The Kier molecular flexibility index (Phi) is 15.0. The number of unbranched alkanes of at least 4 members (excludes halogenated alkanes) is 8. The van der Waals surface area contributed by atoms with Crippen molar-refractivity contribution in [2.24, 2.45) is 0 Å². The molecule has 0 fully saturated rings. The third-order valence-electron chi connectivity index (χ3n) is 3.00. The number of hydrogen-bond donors (Lipinski definition) is 0. The molecule has 0 aliphatic carbocycles. The average molecular weight is 236 g/mol. The summed E-state index contributed by atoms with van der Waals surface area (Å²) in [6, 6.07) is 0. The molecule has 0 nitrogen and oxygen atoms in total. The smallest absolute Gasteiger partial charge is 0.0351 e. The van der Waals surface area contributed by atoms with Crippen LogP contribution in [0.5, 0.6) is 0 Å². The maximum Gasteiger partial charge on any atom is -0.0351 e. The Morgan fingerprint density at radius 1 is 0.471 bits per heavy atom. The second-order valence-electron chi connectivity index (χ2n) is 4.87. The molecule has 100 valence electrons. The minimum atomic E-state index is 1.25. The van der Waals surface area contributed by atoms with Gasteiger partial charge < -0.3 is 0 Å². The number of rotatable bonds is 12. The van der Waals surface area contributed by atoms with E-state index in [-0.39, 0.29) is 0 Å². The van der Waals surface area contributed by atoms with Gasteiger partial charge in [0, 0.05) is 0 Å². The third-order valence-corrected chi connectivity index (χ3v) is 3.00. The Labute approximate surface area is 109 Å². The summed E-state index contributed by atoms with van der Waals surface area (Å²) >= 11 is 0. The van der Waals surface area contributed by atoms with Gasteiger partial charge in [-0.3, -0.25) is 0 Å². The fraction of sp³-hybridized carbons (Fsp3) is 0.765. The van der Waals surface area contributed by atoms with E-state index in [9.17, 15) is 0 Å². The van der Waals surface area contributed by atoms with Crippen molar-refractivity contribution in [1.82, 2.24) is 0 Å².